The zero-order chi connectivity index (χ0) is 17.1. The maximum atomic E-state index is 12.3. The molecule has 1 heterocycles. The Morgan fingerprint density at radius 2 is 1.96 bits per heavy atom. The number of benzene rings is 2. The van der Waals surface area contributed by atoms with Crippen LogP contribution in [0.5, 0.6) is 5.75 Å². The molecule has 0 amide bonds. The molecule has 0 saturated heterocycles. The molecule has 5 heteroatoms. The number of halogens is 1. The zero-order valence-corrected chi connectivity index (χ0v) is 14.9. The zero-order valence-electron chi connectivity index (χ0n) is 13.4. The average Bonchev–Trinajstić information content (AvgIpc) is 2.60. The van der Waals surface area contributed by atoms with E-state index in [0.717, 1.165) is 27.2 Å². The normalized spacial score (nSPS) is 10.8. The topological polar surface area (TPSA) is 39.2 Å². The van der Waals surface area contributed by atoms with Crippen LogP contribution in [0.3, 0.4) is 0 Å². The molecule has 0 aliphatic rings. The van der Waals surface area contributed by atoms with Crippen molar-refractivity contribution >= 4 is 40.0 Å². The Morgan fingerprint density at radius 1 is 1.21 bits per heavy atom. The smallest absolute Gasteiger partial charge is 0.173 e. The van der Waals surface area contributed by atoms with E-state index in [4.69, 9.17) is 16.3 Å². The molecule has 0 bridgehead atoms. The largest absolute Gasteiger partial charge is 0.494 e. The maximum absolute atomic E-state index is 12.3. The number of hydrogen-bond acceptors (Lipinski definition) is 4. The number of aryl methyl sites for hydroxylation is 1. The van der Waals surface area contributed by atoms with Crippen LogP contribution in [0.1, 0.15) is 15.9 Å². The molecule has 2 aromatic carbocycles. The van der Waals surface area contributed by atoms with Gasteiger partial charge in [0.1, 0.15) is 11.3 Å². The second-order valence-electron chi connectivity index (χ2n) is 5.35. The summed E-state index contributed by atoms with van der Waals surface area (Å²) >= 11 is 7.28. The van der Waals surface area contributed by atoms with Gasteiger partial charge in [0, 0.05) is 16.0 Å². The van der Waals surface area contributed by atoms with E-state index in [0.29, 0.717) is 16.3 Å². The van der Waals surface area contributed by atoms with Crippen molar-refractivity contribution in [2.75, 3.05) is 12.9 Å². The Balaban J connectivity index is 1.82. The Labute approximate surface area is 150 Å². The molecule has 0 aliphatic carbocycles. The minimum absolute atomic E-state index is 0.0521. The number of carbonyl (C=O) groups excluding carboxylic acids is 1. The van der Waals surface area contributed by atoms with Crippen LogP contribution in [-0.4, -0.2) is 23.6 Å². The number of para-hydroxylation sites is 1. The first-order valence-corrected chi connectivity index (χ1v) is 8.81. The number of Topliss-reactive ketones (excluding diaryl/α,β-unsaturated/α-hetero) is 1. The molecular weight excluding hydrogens is 342 g/mol. The number of nitrogens with zero attached hydrogens (tertiary/aromatic N) is 1. The number of ketones is 1. The van der Waals surface area contributed by atoms with Gasteiger partial charge in [-0.25, -0.2) is 4.98 Å². The molecule has 0 saturated carbocycles. The SMILES string of the molecule is COc1cccc2c(C)cc(SCC(=O)c3ccc(Cl)cc3)nc12. The van der Waals surface area contributed by atoms with E-state index in [2.05, 4.69) is 4.98 Å². The third kappa shape index (κ3) is 3.55. The van der Waals surface area contributed by atoms with E-state index in [1.54, 1.807) is 31.4 Å². The summed E-state index contributed by atoms with van der Waals surface area (Å²) in [7, 11) is 1.63. The van der Waals surface area contributed by atoms with Crippen molar-refractivity contribution in [1.29, 1.82) is 0 Å². The minimum Gasteiger partial charge on any atom is -0.494 e. The summed E-state index contributed by atoms with van der Waals surface area (Å²) in [6, 6.07) is 14.8. The first-order valence-electron chi connectivity index (χ1n) is 7.44. The Kier molecular flexibility index (Phi) is 5.07. The van der Waals surface area contributed by atoms with E-state index >= 15 is 0 Å². The van der Waals surface area contributed by atoms with Gasteiger partial charge in [-0.15, -0.1) is 0 Å². The number of pyridine rings is 1. The third-order valence-electron chi connectivity index (χ3n) is 3.72. The predicted molar refractivity (Wildman–Crippen MR) is 99.5 cm³/mol. The summed E-state index contributed by atoms with van der Waals surface area (Å²) < 4.78 is 5.39. The second kappa shape index (κ2) is 7.24. The van der Waals surface area contributed by atoms with E-state index in [-0.39, 0.29) is 5.78 Å². The summed E-state index contributed by atoms with van der Waals surface area (Å²) in [5, 5.41) is 2.49. The molecule has 0 radical (unpaired) electrons. The van der Waals surface area contributed by atoms with Crippen LogP contribution in [0.15, 0.2) is 53.6 Å². The van der Waals surface area contributed by atoms with Gasteiger partial charge >= 0.3 is 0 Å². The van der Waals surface area contributed by atoms with Gasteiger partial charge in [-0.05, 0) is 48.9 Å². The fraction of sp³-hybridized carbons (Fsp3) is 0.158. The molecular formula is C19H16ClNO2S. The van der Waals surface area contributed by atoms with Crippen LogP contribution in [0, 0.1) is 6.92 Å². The highest BCUT2D eigenvalue weighted by Gasteiger charge is 2.11. The van der Waals surface area contributed by atoms with Crippen LogP contribution >= 0.6 is 23.4 Å². The summed E-state index contributed by atoms with van der Waals surface area (Å²) in [5.41, 5.74) is 2.59. The van der Waals surface area contributed by atoms with Crippen molar-refractivity contribution in [3.63, 3.8) is 0 Å². The van der Waals surface area contributed by atoms with Gasteiger partial charge in [0.05, 0.1) is 17.9 Å². The van der Waals surface area contributed by atoms with Crippen molar-refractivity contribution < 1.29 is 9.53 Å². The number of ether oxygens (including phenoxy) is 1. The molecule has 24 heavy (non-hydrogen) atoms. The number of aromatic nitrogens is 1. The lowest BCUT2D eigenvalue weighted by atomic mass is 10.1. The van der Waals surface area contributed by atoms with Gasteiger partial charge in [-0.1, -0.05) is 35.5 Å². The highest BCUT2D eigenvalue weighted by molar-refractivity contribution is 7.99. The minimum atomic E-state index is 0.0521. The summed E-state index contributed by atoms with van der Waals surface area (Å²) in [4.78, 5) is 16.9. The summed E-state index contributed by atoms with van der Waals surface area (Å²) in [6.45, 7) is 2.04. The molecule has 0 N–H and O–H groups in total. The number of rotatable bonds is 5. The number of methoxy groups -OCH3 is 1. The van der Waals surface area contributed by atoms with Crippen molar-refractivity contribution in [2.24, 2.45) is 0 Å². The number of carbonyl (C=O) groups is 1. The summed E-state index contributed by atoms with van der Waals surface area (Å²) in [6.07, 6.45) is 0. The first-order chi connectivity index (χ1) is 11.6. The lowest BCUT2D eigenvalue weighted by Crippen LogP contribution is -2.02. The number of thioether (sulfide) groups is 1. The summed E-state index contributed by atoms with van der Waals surface area (Å²) in [5.74, 6) is 1.12. The molecule has 0 fully saturated rings. The Morgan fingerprint density at radius 3 is 2.67 bits per heavy atom. The monoisotopic (exact) mass is 357 g/mol. The van der Waals surface area contributed by atoms with Crippen LogP contribution in [0.25, 0.3) is 10.9 Å². The van der Waals surface area contributed by atoms with E-state index in [1.165, 1.54) is 11.8 Å². The van der Waals surface area contributed by atoms with E-state index in [1.807, 2.05) is 31.2 Å². The Bertz CT molecular complexity index is 894. The standard InChI is InChI=1S/C19H16ClNO2S/c1-12-10-18(21-19-15(12)4-3-5-17(19)23-2)24-11-16(22)13-6-8-14(20)9-7-13/h3-10H,11H2,1-2H3. The maximum Gasteiger partial charge on any atom is 0.173 e. The molecule has 1 aromatic heterocycles. The van der Waals surface area contributed by atoms with E-state index in [9.17, 15) is 4.79 Å². The lowest BCUT2D eigenvalue weighted by molar-refractivity contribution is 0.102. The Hall–Kier alpha value is -2.04. The van der Waals surface area contributed by atoms with Crippen molar-refractivity contribution in [3.05, 3.63) is 64.7 Å². The molecule has 122 valence electrons. The quantitative estimate of drug-likeness (QED) is 0.466. The highest BCUT2D eigenvalue weighted by atomic mass is 35.5. The van der Waals surface area contributed by atoms with Crippen LogP contribution in [-0.2, 0) is 0 Å². The predicted octanol–water partition coefficient (Wildman–Crippen LogP) is 5.18. The molecule has 0 aliphatic heterocycles. The molecule has 0 unspecified atom stereocenters. The van der Waals surface area contributed by atoms with Gasteiger partial charge in [0.2, 0.25) is 0 Å². The van der Waals surface area contributed by atoms with Crippen molar-refractivity contribution in [1.82, 2.24) is 4.98 Å². The number of fused-ring (bicyclic) bond motifs is 1. The van der Waals surface area contributed by atoms with Crippen LogP contribution in [0.2, 0.25) is 5.02 Å². The number of hydrogen-bond donors (Lipinski definition) is 0. The van der Waals surface area contributed by atoms with Gasteiger partial charge in [0.25, 0.3) is 0 Å². The van der Waals surface area contributed by atoms with Crippen LogP contribution < -0.4 is 4.74 Å². The van der Waals surface area contributed by atoms with Gasteiger partial charge in [-0.3, -0.25) is 4.79 Å². The van der Waals surface area contributed by atoms with Gasteiger partial charge in [-0.2, -0.15) is 0 Å². The second-order valence-corrected chi connectivity index (χ2v) is 6.78. The molecule has 3 aromatic rings. The van der Waals surface area contributed by atoms with Gasteiger partial charge < -0.3 is 4.74 Å². The van der Waals surface area contributed by atoms with Crippen molar-refractivity contribution in [2.45, 2.75) is 11.9 Å². The fourth-order valence-corrected chi connectivity index (χ4v) is 3.45. The molecule has 0 atom stereocenters. The van der Waals surface area contributed by atoms with Crippen LogP contribution in [0.4, 0.5) is 0 Å². The fourth-order valence-electron chi connectivity index (χ4n) is 2.46. The average molecular weight is 358 g/mol. The van der Waals surface area contributed by atoms with Crippen molar-refractivity contribution in [3.8, 4) is 5.75 Å². The molecule has 0 spiro atoms. The first kappa shape index (κ1) is 16.8. The molecule has 3 rings (SSSR count). The highest BCUT2D eigenvalue weighted by Crippen LogP contribution is 2.29. The van der Waals surface area contributed by atoms with Gasteiger partial charge in [0.15, 0.2) is 5.78 Å². The lowest BCUT2D eigenvalue weighted by Gasteiger charge is -2.09. The van der Waals surface area contributed by atoms with E-state index < -0.39 is 0 Å². The molecule has 3 nitrogen and oxygen atoms in total. The third-order valence-corrected chi connectivity index (χ3v) is 4.89.